The van der Waals surface area contributed by atoms with Crippen molar-refractivity contribution in [2.75, 3.05) is 17.2 Å². The number of hydrogen-bond acceptors (Lipinski definition) is 5. The summed E-state index contributed by atoms with van der Waals surface area (Å²) in [6.07, 6.45) is 4.13. The van der Waals surface area contributed by atoms with Gasteiger partial charge >= 0.3 is 5.69 Å². The number of aromatic amines is 1. The predicted octanol–water partition coefficient (Wildman–Crippen LogP) is 2.61. The Morgan fingerprint density at radius 1 is 1.17 bits per heavy atom. The van der Waals surface area contributed by atoms with Crippen LogP contribution in [0.5, 0.6) is 0 Å². The van der Waals surface area contributed by atoms with Gasteiger partial charge < -0.3 is 10.6 Å². The Morgan fingerprint density at radius 2 is 1.83 bits per heavy atom. The Hall–Kier alpha value is -2.55. The predicted molar refractivity (Wildman–Crippen MR) is 119 cm³/mol. The van der Waals surface area contributed by atoms with Gasteiger partial charge in [-0.05, 0) is 26.7 Å². The third-order valence-corrected chi connectivity index (χ3v) is 5.63. The van der Waals surface area contributed by atoms with Crippen LogP contribution in [0.15, 0.2) is 9.59 Å². The van der Waals surface area contributed by atoms with Crippen molar-refractivity contribution in [1.82, 2.24) is 19.3 Å². The quantitative estimate of drug-likeness (QED) is 0.552. The fraction of sp³-hybridized carbons (Fsp3) is 0.600. The Balaban J connectivity index is 2.48. The number of unbranched alkanes of at least 4 members (excludes halogenated alkanes) is 3. The molecule has 0 saturated heterocycles. The molecule has 0 unspecified atom stereocenters. The maximum absolute atomic E-state index is 13.2. The first-order valence-electron chi connectivity index (χ1n) is 10.3. The van der Waals surface area contributed by atoms with Gasteiger partial charge in [0.05, 0.1) is 16.4 Å². The molecule has 1 amide bonds. The van der Waals surface area contributed by atoms with Crippen LogP contribution in [0.2, 0.25) is 5.02 Å². The number of nitrogens with one attached hydrogen (secondary N) is 1. The van der Waals surface area contributed by atoms with E-state index in [-0.39, 0.29) is 24.0 Å². The highest BCUT2D eigenvalue weighted by atomic mass is 35.5. The summed E-state index contributed by atoms with van der Waals surface area (Å²) in [7, 11) is 0. The Bertz CT molecular complexity index is 1010. The van der Waals surface area contributed by atoms with E-state index in [9.17, 15) is 14.4 Å². The zero-order valence-corrected chi connectivity index (χ0v) is 18.9. The second kappa shape index (κ2) is 10.5. The van der Waals surface area contributed by atoms with Crippen LogP contribution >= 0.6 is 11.6 Å². The molecule has 3 N–H and O–H groups in total. The smallest absolute Gasteiger partial charge is 0.330 e. The number of hydrogen-bond donors (Lipinski definition) is 2. The van der Waals surface area contributed by atoms with Gasteiger partial charge in [-0.1, -0.05) is 44.7 Å². The molecule has 9 nitrogen and oxygen atoms in total. The number of aryl methyl sites for hydroxylation is 1. The molecule has 0 fully saturated rings. The zero-order valence-electron chi connectivity index (χ0n) is 18.1. The monoisotopic (exact) mass is 438 g/mol. The van der Waals surface area contributed by atoms with Crippen LogP contribution in [-0.2, 0) is 17.9 Å². The van der Waals surface area contributed by atoms with Crippen LogP contribution in [-0.4, -0.2) is 31.8 Å². The first kappa shape index (κ1) is 23.7. The number of amides is 1. The first-order chi connectivity index (χ1) is 14.2. The molecule has 2 aromatic rings. The maximum Gasteiger partial charge on any atom is 0.330 e. The average molecular weight is 439 g/mol. The molecule has 0 spiro atoms. The molecule has 2 heterocycles. The molecular weight excluding hydrogens is 408 g/mol. The number of nitrogens with two attached hydrogens (primary N) is 1. The largest absolute Gasteiger partial charge is 0.383 e. The van der Waals surface area contributed by atoms with Crippen LogP contribution in [0.3, 0.4) is 0 Å². The number of H-pyrrole nitrogens is 1. The third kappa shape index (κ3) is 5.13. The number of carbonyl (C=O) groups excluding carboxylic acids is 1. The van der Waals surface area contributed by atoms with E-state index >= 15 is 0 Å². The van der Waals surface area contributed by atoms with E-state index in [2.05, 4.69) is 17.0 Å². The minimum absolute atomic E-state index is 0.00782. The molecule has 0 radical (unpaired) electrons. The van der Waals surface area contributed by atoms with E-state index in [1.807, 2.05) is 6.92 Å². The van der Waals surface area contributed by atoms with Crippen molar-refractivity contribution in [2.45, 2.75) is 72.9 Å². The number of aromatic nitrogens is 4. The van der Waals surface area contributed by atoms with Gasteiger partial charge in [0, 0.05) is 13.1 Å². The lowest BCUT2D eigenvalue weighted by atomic mass is 10.2. The molecule has 0 saturated carbocycles. The normalized spacial score (nSPS) is 11.1. The number of nitrogens with zero attached hydrogens (tertiary/aromatic N) is 4. The summed E-state index contributed by atoms with van der Waals surface area (Å²) in [6.45, 7) is 8.20. The van der Waals surface area contributed by atoms with Gasteiger partial charge in [-0.3, -0.25) is 23.8 Å². The highest BCUT2D eigenvalue weighted by Gasteiger charge is 2.25. The van der Waals surface area contributed by atoms with Crippen molar-refractivity contribution < 1.29 is 4.79 Å². The lowest BCUT2D eigenvalue weighted by molar-refractivity contribution is -0.119. The maximum atomic E-state index is 13.2. The number of nitrogen functional groups attached to an aromatic ring is 1. The van der Waals surface area contributed by atoms with Crippen LogP contribution in [0, 0.1) is 13.8 Å². The lowest BCUT2D eigenvalue weighted by Gasteiger charge is -2.25. The van der Waals surface area contributed by atoms with E-state index in [0.717, 1.165) is 25.7 Å². The number of anilines is 2. The summed E-state index contributed by atoms with van der Waals surface area (Å²) in [5, 5.41) is 4.81. The highest BCUT2D eigenvalue weighted by Crippen LogP contribution is 2.21. The van der Waals surface area contributed by atoms with Crippen LogP contribution in [0.4, 0.5) is 11.5 Å². The molecule has 2 aromatic heterocycles. The number of halogens is 1. The van der Waals surface area contributed by atoms with Crippen molar-refractivity contribution in [1.29, 1.82) is 0 Å². The van der Waals surface area contributed by atoms with Crippen molar-refractivity contribution in [2.24, 2.45) is 0 Å². The molecule has 0 bridgehead atoms. The van der Waals surface area contributed by atoms with Gasteiger partial charge in [-0.15, -0.1) is 0 Å². The SMILES string of the molecule is CCCCCN(C(=O)Cn1nc(C)c(Cl)c1C)c1c(N)n(CCCC)c(=O)[nH]c1=O. The minimum Gasteiger partial charge on any atom is -0.383 e. The van der Waals surface area contributed by atoms with Crippen LogP contribution in [0.1, 0.15) is 57.3 Å². The molecule has 166 valence electrons. The molecule has 0 atom stereocenters. The number of rotatable bonds is 10. The zero-order chi connectivity index (χ0) is 22.4. The molecule has 2 rings (SSSR count). The highest BCUT2D eigenvalue weighted by molar-refractivity contribution is 6.31. The van der Waals surface area contributed by atoms with Gasteiger partial charge in [-0.2, -0.15) is 5.10 Å². The summed E-state index contributed by atoms with van der Waals surface area (Å²) >= 11 is 6.20. The second-order valence-electron chi connectivity index (χ2n) is 7.39. The average Bonchev–Trinajstić information content (AvgIpc) is 2.93. The van der Waals surface area contributed by atoms with Crippen molar-refractivity contribution in [3.8, 4) is 0 Å². The van der Waals surface area contributed by atoms with Crippen molar-refractivity contribution >= 4 is 29.0 Å². The minimum atomic E-state index is -0.665. The summed E-state index contributed by atoms with van der Waals surface area (Å²) < 4.78 is 2.84. The van der Waals surface area contributed by atoms with E-state index in [4.69, 9.17) is 17.3 Å². The first-order valence-corrected chi connectivity index (χ1v) is 10.7. The lowest BCUT2D eigenvalue weighted by Crippen LogP contribution is -2.43. The summed E-state index contributed by atoms with van der Waals surface area (Å²) in [6, 6.07) is 0. The molecule has 0 aliphatic heterocycles. The third-order valence-electron chi connectivity index (χ3n) is 5.08. The van der Waals surface area contributed by atoms with E-state index < -0.39 is 11.2 Å². The molecule has 30 heavy (non-hydrogen) atoms. The summed E-state index contributed by atoms with van der Waals surface area (Å²) in [5.74, 6) is -0.334. The van der Waals surface area contributed by atoms with E-state index in [1.165, 1.54) is 14.1 Å². The van der Waals surface area contributed by atoms with Gasteiger partial charge in [0.15, 0.2) is 5.69 Å². The Kier molecular flexibility index (Phi) is 8.28. The van der Waals surface area contributed by atoms with Crippen LogP contribution in [0.25, 0.3) is 0 Å². The van der Waals surface area contributed by atoms with Crippen molar-refractivity contribution in [3.63, 3.8) is 0 Å². The Labute approximate surface area is 180 Å². The summed E-state index contributed by atoms with van der Waals surface area (Å²) in [5.41, 5.74) is 6.31. The topological polar surface area (TPSA) is 119 Å². The van der Waals surface area contributed by atoms with Gasteiger partial charge in [0.1, 0.15) is 12.4 Å². The second-order valence-corrected chi connectivity index (χ2v) is 7.77. The summed E-state index contributed by atoms with van der Waals surface area (Å²) in [4.78, 5) is 41.8. The fourth-order valence-electron chi connectivity index (χ4n) is 3.30. The van der Waals surface area contributed by atoms with Crippen LogP contribution < -0.4 is 21.9 Å². The van der Waals surface area contributed by atoms with Crippen molar-refractivity contribution in [3.05, 3.63) is 37.2 Å². The Morgan fingerprint density at radius 3 is 2.40 bits per heavy atom. The molecular formula is C20H31ClN6O3. The van der Waals surface area contributed by atoms with E-state index in [0.29, 0.717) is 35.9 Å². The fourth-order valence-corrected chi connectivity index (χ4v) is 3.44. The van der Waals surface area contributed by atoms with E-state index in [1.54, 1.807) is 13.8 Å². The molecule has 10 heteroatoms. The molecule has 0 aliphatic rings. The molecule has 0 aromatic carbocycles. The standard InChI is InChI=1S/C20H31ClN6O3/c1-5-7-9-11-25(15(28)12-27-14(4)16(21)13(3)24-27)17-18(22)26(10-8-6-2)20(30)23-19(17)29/h5-12,22H2,1-4H3,(H,23,29,30). The van der Waals surface area contributed by atoms with Gasteiger partial charge in [0.25, 0.3) is 5.56 Å². The number of carbonyl (C=O) groups is 1. The van der Waals surface area contributed by atoms with Gasteiger partial charge in [-0.25, -0.2) is 4.79 Å². The molecule has 0 aliphatic carbocycles. The van der Waals surface area contributed by atoms with Gasteiger partial charge in [0.2, 0.25) is 5.91 Å².